The number of amides is 1. The summed E-state index contributed by atoms with van der Waals surface area (Å²) in [7, 11) is 1.55. The Bertz CT molecular complexity index is 1430. The second kappa shape index (κ2) is 10.3. The lowest BCUT2D eigenvalue weighted by Gasteiger charge is -2.23. The Labute approximate surface area is 205 Å². The second-order valence-corrected chi connectivity index (χ2v) is 8.74. The standard InChI is InChI=1S/C25H22N4O5S/c1-17-14-22(30)24(26-28(17)20-10-4-5-11-21(20)29(32)33)25(31)27(16-19-9-7-13-35-19)15-18-8-3-6-12-23(18)34-2/h3-14H,15-16H2,1-2H3. The number of aromatic nitrogens is 2. The first-order valence-electron chi connectivity index (χ1n) is 10.7. The predicted molar refractivity (Wildman–Crippen MR) is 132 cm³/mol. The van der Waals surface area contributed by atoms with Crippen molar-refractivity contribution in [2.75, 3.05) is 7.11 Å². The van der Waals surface area contributed by atoms with Gasteiger partial charge < -0.3 is 9.64 Å². The van der Waals surface area contributed by atoms with Crippen LogP contribution in [0.4, 0.5) is 5.69 Å². The number of nitrogens with zero attached hydrogens (tertiary/aromatic N) is 4. The number of hydrogen-bond donors (Lipinski definition) is 0. The van der Waals surface area contributed by atoms with E-state index in [0.717, 1.165) is 10.4 Å². The van der Waals surface area contributed by atoms with Crippen molar-refractivity contribution in [1.29, 1.82) is 0 Å². The Morgan fingerprint density at radius 1 is 1.11 bits per heavy atom. The zero-order valence-electron chi connectivity index (χ0n) is 19.1. The summed E-state index contributed by atoms with van der Waals surface area (Å²) >= 11 is 1.49. The van der Waals surface area contributed by atoms with Gasteiger partial charge >= 0.3 is 0 Å². The minimum atomic E-state index is -0.582. The van der Waals surface area contributed by atoms with Gasteiger partial charge in [-0.05, 0) is 30.5 Å². The number of carbonyl (C=O) groups excluding carboxylic acids is 1. The molecule has 10 heteroatoms. The summed E-state index contributed by atoms with van der Waals surface area (Å²) in [5, 5.41) is 17.8. The summed E-state index contributed by atoms with van der Waals surface area (Å²) < 4.78 is 6.70. The molecule has 0 unspecified atom stereocenters. The molecule has 0 bridgehead atoms. The number of ether oxygens (including phenoxy) is 1. The summed E-state index contributed by atoms with van der Waals surface area (Å²) in [6.45, 7) is 2.05. The molecule has 2 aromatic heterocycles. The monoisotopic (exact) mass is 490 g/mol. The summed E-state index contributed by atoms with van der Waals surface area (Å²) in [6.07, 6.45) is 0. The van der Waals surface area contributed by atoms with Crippen molar-refractivity contribution in [2.24, 2.45) is 0 Å². The number of methoxy groups -OCH3 is 1. The number of aryl methyl sites for hydroxylation is 1. The topological polar surface area (TPSA) is 108 Å². The maximum Gasteiger partial charge on any atom is 0.294 e. The van der Waals surface area contributed by atoms with Crippen LogP contribution in [0.3, 0.4) is 0 Å². The van der Waals surface area contributed by atoms with Crippen molar-refractivity contribution < 1.29 is 14.5 Å². The van der Waals surface area contributed by atoms with Crippen molar-refractivity contribution in [3.8, 4) is 11.4 Å². The smallest absolute Gasteiger partial charge is 0.294 e. The summed E-state index contributed by atoms with van der Waals surface area (Å²) in [5.41, 5.74) is 0.244. The fourth-order valence-corrected chi connectivity index (χ4v) is 4.44. The molecule has 1 amide bonds. The van der Waals surface area contributed by atoms with Crippen molar-refractivity contribution in [2.45, 2.75) is 20.0 Å². The number of nitro groups is 1. The molecule has 0 radical (unpaired) electrons. The summed E-state index contributed by atoms with van der Waals surface area (Å²) in [6, 6.07) is 18.4. The highest BCUT2D eigenvalue weighted by Gasteiger charge is 2.25. The third kappa shape index (κ3) is 5.12. The molecule has 0 N–H and O–H groups in total. The maximum atomic E-state index is 13.7. The molecule has 0 aliphatic carbocycles. The van der Waals surface area contributed by atoms with Crippen molar-refractivity contribution >= 4 is 22.9 Å². The highest BCUT2D eigenvalue weighted by molar-refractivity contribution is 7.09. The van der Waals surface area contributed by atoms with Crippen LogP contribution in [0.15, 0.2) is 76.9 Å². The number of rotatable bonds is 8. The van der Waals surface area contributed by atoms with Crippen LogP contribution in [0.2, 0.25) is 0 Å². The molecule has 4 aromatic rings. The number of nitro benzene ring substituents is 1. The van der Waals surface area contributed by atoms with Gasteiger partial charge in [-0.25, -0.2) is 4.68 Å². The number of carbonyl (C=O) groups is 1. The van der Waals surface area contributed by atoms with Gasteiger partial charge in [0.1, 0.15) is 11.4 Å². The van der Waals surface area contributed by atoms with Gasteiger partial charge in [-0.2, -0.15) is 5.10 Å². The van der Waals surface area contributed by atoms with Gasteiger partial charge in [0, 0.05) is 28.3 Å². The van der Waals surface area contributed by atoms with Crippen LogP contribution < -0.4 is 10.2 Å². The van der Waals surface area contributed by atoms with Crippen molar-refractivity contribution in [1.82, 2.24) is 14.7 Å². The van der Waals surface area contributed by atoms with E-state index in [-0.39, 0.29) is 30.2 Å². The lowest BCUT2D eigenvalue weighted by molar-refractivity contribution is -0.384. The van der Waals surface area contributed by atoms with E-state index in [1.807, 2.05) is 35.7 Å². The number of hydrogen-bond acceptors (Lipinski definition) is 7. The van der Waals surface area contributed by atoms with E-state index in [4.69, 9.17) is 4.74 Å². The first-order chi connectivity index (χ1) is 16.9. The summed E-state index contributed by atoms with van der Waals surface area (Å²) in [5.74, 6) is 0.0345. The Morgan fingerprint density at radius 2 is 1.86 bits per heavy atom. The molecule has 0 aliphatic rings. The predicted octanol–water partition coefficient (Wildman–Crippen LogP) is 4.36. The molecular formula is C25H22N4O5S. The normalized spacial score (nSPS) is 10.7. The fraction of sp³-hybridized carbons (Fsp3) is 0.160. The molecular weight excluding hydrogens is 468 g/mol. The number of para-hydroxylation sites is 3. The van der Waals surface area contributed by atoms with Crippen LogP contribution in [-0.4, -0.2) is 32.6 Å². The largest absolute Gasteiger partial charge is 0.496 e. The third-order valence-corrected chi connectivity index (χ3v) is 6.25. The van der Waals surface area contributed by atoms with E-state index < -0.39 is 16.3 Å². The lowest BCUT2D eigenvalue weighted by atomic mass is 10.1. The van der Waals surface area contributed by atoms with Gasteiger partial charge in [-0.3, -0.25) is 19.7 Å². The zero-order valence-corrected chi connectivity index (χ0v) is 19.9. The van der Waals surface area contributed by atoms with Gasteiger partial charge in [0.25, 0.3) is 11.6 Å². The van der Waals surface area contributed by atoms with Gasteiger partial charge in [-0.15, -0.1) is 11.3 Å². The van der Waals surface area contributed by atoms with Crippen LogP contribution in [-0.2, 0) is 13.1 Å². The number of thiophene rings is 1. The second-order valence-electron chi connectivity index (χ2n) is 7.71. The molecule has 0 fully saturated rings. The maximum absolute atomic E-state index is 13.7. The average Bonchev–Trinajstić information content (AvgIpc) is 3.37. The Morgan fingerprint density at radius 3 is 2.57 bits per heavy atom. The van der Waals surface area contributed by atoms with Gasteiger partial charge in [0.2, 0.25) is 5.43 Å². The quantitative estimate of drug-likeness (QED) is 0.268. The van der Waals surface area contributed by atoms with E-state index >= 15 is 0 Å². The fourth-order valence-electron chi connectivity index (χ4n) is 3.72. The minimum Gasteiger partial charge on any atom is -0.496 e. The van der Waals surface area contributed by atoms with Gasteiger partial charge in [0.05, 0.1) is 25.1 Å². The SMILES string of the molecule is COc1ccccc1CN(Cc1cccs1)C(=O)c1nn(-c2ccccc2[N+](=O)[O-])c(C)cc1=O. The van der Waals surface area contributed by atoms with Gasteiger partial charge in [0.15, 0.2) is 5.69 Å². The highest BCUT2D eigenvalue weighted by atomic mass is 32.1. The molecule has 2 heterocycles. The first kappa shape index (κ1) is 23.8. The molecule has 0 spiro atoms. The third-order valence-electron chi connectivity index (χ3n) is 5.38. The van der Waals surface area contributed by atoms with E-state index in [9.17, 15) is 19.7 Å². The van der Waals surface area contributed by atoms with Crippen LogP contribution in [0.5, 0.6) is 5.75 Å². The van der Waals surface area contributed by atoms with Gasteiger partial charge in [-0.1, -0.05) is 36.4 Å². The molecule has 178 valence electrons. The van der Waals surface area contributed by atoms with E-state index in [2.05, 4.69) is 5.10 Å². The van der Waals surface area contributed by atoms with E-state index in [1.165, 1.54) is 39.1 Å². The van der Waals surface area contributed by atoms with Crippen LogP contribution in [0, 0.1) is 17.0 Å². The molecule has 2 aromatic carbocycles. The average molecular weight is 491 g/mol. The summed E-state index contributed by atoms with van der Waals surface area (Å²) in [4.78, 5) is 40.1. The molecule has 0 atom stereocenters. The van der Waals surface area contributed by atoms with E-state index in [0.29, 0.717) is 11.4 Å². The van der Waals surface area contributed by atoms with Crippen molar-refractivity contribution in [3.05, 3.63) is 114 Å². The molecule has 35 heavy (non-hydrogen) atoms. The first-order valence-corrected chi connectivity index (χ1v) is 11.6. The minimum absolute atomic E-state index is 0.165. The molecule has 0 saturated heterocycles. The van der Waals surface area contributed by atoms with Crippen LogP contribution in [0.1, 0.15) is 26.6 Å². The highest BCUT2D eigenvalue weighted by Crippen LogP contribution is 2.24. The molecule has 4 rings (SSSR count). The zero-order chi connectivity index (χ0) is 24.9. The van der Waals surface area contributed by atoms with Crippen LogP contribution in [0.25, 0.3) is 5.69 Å². The van der Waals surface area contributed by atoms with Crippen LogP contribution >= 0.6 is 11.3 Å². The Kier molecular flexibility index (Phi) is 7.02. The van der Waals surface area contributed by atoms with Crippen molar-refractivity contribution in [3.63, 3.8) is 0 Å². The molecule has 0 aliphatic heterocycles. The van der Waals surface area contributed by atoms with E-state index in [1.54, 1.807) is 32.2 Å². The Hall–Kier alpha value is -4.31. The molecule has 0 saturated carbocycles. The molecule has 9 nitrogen and oxygen atoms in total. The lowest BCUT2D eigenvalue weighted by Crippen LogP contribution is -2.35. The Balaban J connectivity index is 1.79. The number of benzene rings is 2.